The third-order valence-electron chi connectivity index (χ3n) is 8.66. The van der Waals surface area contributed by atoms with Gasteiger partial charge in [-0.3, -0.25) is 4.49 Å². The first-order chi connectivity index (χ1) is 22.4. The lowest BCUT2D eigenvalue weighted by Crippen LogP contribution is -2.43. The van der Waals surface area contributed by atoms with Gasteiger partial charge in [0.15, 0.2) is 23.0 Å². The smallest absolute Gasteiger partial charge is 0.493 e. The second-order valence-corrected chi connectivity index (χ2v) is 11.2. The van der Waals surface area contributed by atoms with Crippen molar-refractivity contribution in [3.8, 4) is 23.0 Å². The molecule has 1 atom stereocenters. The molecular weight excluding hydrogens is 577 g/mol. The van der Waals surface area contributed by atoms with Gasteiger partial charge in [0.2, 0.25) is 5.82 Å². The molecule has 0 spiro atoms. The van der Waals surface area contributed by atoms with E-state index in [2.05, 4.69) is 41.1 Å². The van der Waals surface area contributed by atoms with Crippen molar-refractivity contribution in [2.24, 2.45) is 4.99 Å². The number of benzene rings is 4. The number of nitrogen functional groups attached to an aromatic ring is 2. The van der Waals surface area contributed by atoms with Gasteiger partial charge >= 0.3 is 13.4 Å². The average Bonchev–Trinajstić information content (AvgIpc) is 3.66. The zero-order valence-corrected chi connectivity index (χ0v) is 26.2. The summed E-state index contributed by atoms with van der Waals surface area (Å²) in [5, 5.41) is 0. The largest absolute Gasteiger partial charge is 0.551 e. The van der Waals surface area contributed by atoms with Crippen LogP contribution in [0.25, 0.3) is 11.1 Å². The number of anilines is 2. The van der Waals surface area contributed by atoms with Gasteiger partial charge in [-0.25, -0.2) is 0 Å². The molecule has 0 bridgehead atoms. The Morgan fingerprint density at radius 2 is 1.24 bits per heavy atom. The molecular formula is C36H34BN5O4+. The predicted molar refractivity (Wildman–Crippen MR) is 182 cm³/mol. The van der Waals surface area contributed by atoms with E-state index < -0.39 is 0 Å². The van der Waals surface area contributed by atoms with Gasteiger partial charge in [-0.2, -0.15) is 0 Å². The van der Waals surface area contributed by atoms with Gasteiger partial charge in [-0.15, -0.1) is 0 Å². The minimum atomic E-state index is -0.0122. The molecule has 4 aromatic rings. The quantitative estimate of drug-likeness (QED) is 0.199. The Kier molecular flexibility index (Phi) is 7.40. The summed E-state index contributed by atoms with van der Waals surface area (Å²) >= 11 is 0. The highest BCUT2D eigenvalue weighted by Crippen LogP contribution is 2.47. The number of ether oxygens (including phenoxy) is 4. The summed E-state index contributed by atoms with van der Waals surface area (Å²) in [6, 6.07) is 27.9. The Morgan fingerprint density at radius 1 is 0.696 bits per heavy atom. The van der Waals surface area contributed by atoms with Crippen molar-refractivity contribution in [2.75, 3.05) is 39.9 Å². The number of amidine groups is 1. The van der Waals surface area contributed by atoms with Gasteiger partial charge in [0.05, 0.1) is 40.1 Å². The molecule has 1 unspecified atom stereocenters. The highest BCUT2D eigenvalue weighted by Gasteiger charge is 2.48. The summed E-state index contributed by atoms with van der Waals surface area (Å²) in [4.78, 5) is 7.69. The Balaban J connectivity index is 1.44. The van der Waals surface area contributed by atoms with Crippen molar-refractivity contribution in [3.05, 3.63) is 119 Å². The maximum Gasteiger partial charge on any atom is 0.551 e. The summed E-state index contributed by atoms with van der Waals surface area (Å²) in [7, 11) is 8.72. The van der Waals surface area contributed by atoms with Crippen LogP contribution in [0, 0.1) is 0 Å². The van der Waals surface area contributed by atoms with E-state index in [0.717, 1.165) is 62.9 Å². The Labute approximate surface area is 269 Å². The molecule has 0 aromatic heterocycles. The van der Waals surface area contributed by atoms with Gasteiger partial charge in [-0.1, -0.05) is 24.3 Å². The molecule has 3 heterocycles. The van der Waals surface area contributed by atoms with E-state index >= 15 is 0 Å². The fourth-order valence-electron chi connectivity index (χ4n) is 6.28. The van der Waals surface area contributed by atoms with E-state index in [1.54, 1.807) is 28.4 Å². The number of nitrogens with two attached hydrogens (primary N) is 2. The molecule has 46 heavy (non-hydrogen) atoms. The summed E-state index contributed by atoms with van der Waals surface area (Å²) in [5.74, 6) is 4.31. The van der Waals surface area contributed by atoms with Crippen LogP contribution < -0.4 is 30.4 Å². The zero-order valence-electron chi connectivity index (χ0n) is 26.2. The highest BCUT2D eigenvalue weighted by molar-refractivity contribution is 6.42. The maximum atomic E-state index is 6.08. The van der Waals surface area contributed by atoms with E-state index in [0.29, 0.717) is 28.7 Å². The van der Waals surface area contributed by atoms with Crippen molar-refractivity contribution in [3.63, 3.8) is 0 Å². The standard InChI is InChI=1S/C36H34BN5O4/c1-43-31-15-9-23(17-33(31)45-3)27-19-29(21-5-11-25(38)12-6-21)41-35(27)40-36-28(24-10-16-32(44-2)34(18-24)46-4)20-30(42(36)37-41)22-7-13-26(39)14-8-22/h5-19,30H,20,38-39H2,1-4H3/q+1. The number of rotatable bonds is 8. The average molecular weight is 612 g/mol. The number of nitrogens with zero attached hydrogens (tertiary/aromatic N) is 3. The first-order valence-corrected chi connectivity index (χ1v) is 14.9. The first kappa shape index (κ1) is 29.1. The second kappa shape index (κ2) is 11.7. The number of hydrogen-bond acceptors (Lipinski definition) is 8. The van der Waals surface area contributed by atoms with E-state index in [4.69, 9.17) is 35.4 Å². The van der Waals surface area contributed by atoms with Crippen LogP contribution in [0.1, 0.15) is 34.7 Å². The van der Waals surface area contributed by atoms with Crippen molar-refractivity contribution >= 4 is 41.6 Å². The molecule has 1 radical (unpaired) electrons. The third-order valence-corrected chi connectivity index (χ3v) is 8.66. The molecule has 4 N–H and O–H groups in total. The molecule has 4 aromatic carbocycles. The van der Waals surface area contributed by atoms with Crippen LogP contribution in [-0.2, 0) is 0 Å². The minimum absolute atomic E-state index is 0.0122. The topological polar surface area (TPSA) is 108 Å². The lowest BCUT2D eigenvalue weighted by atomic mass is 9.94. The third kappa shape index (κ3) is 4.92. The Morgan fingerprint density at radius 3 is 1.85 bits per heavy atom. The fourth-order valence-corrected chi connectivity index (χ4v) is 6.28. The van der Waals surface area contributed by atoms with Crippen molar-refractivity contribution in [1.82, 2.24) is 4.81 Å². The summed E-state index contributed by atoms with van der Waals surface area (Å²) in [6.45, 7) is 0. The van der Waals surface area contributed by atoms with Crippen LogP contribution in [0.3, 0.4) is 0 Å². The molecule has 7 rings (SSSR count). The maximum absolute atomic E-state index is 6.08. The highest BCUT2D eigenvalue weighted by atomic mass is 16.5. The van der Waals surface area contributed by atoms with Gasteiger partial charge in [0.1, 0.15) is 5.71 Å². The molecule has 0 amide bonds. The Hall–Kier alpha value is -5.64. The van der Waals surface area contributed by atoms with Crippen molar-refractivity contribution in [1.29, 1.82) is 0 Å². The number of hydrogen-bond donors (Lipinski definition) is 2. The number of fused-ring (bicyclic) bond motifs is 2. The second-order valence-electron chi connectivity index (χ2n) is 11.2. The van der Waals surface area contributed by atoms with E-state index in [1.807, 2.05) is 66.7 Å². The predicted octanol–water partition coefficient (Wildman–Crippen LogP) is 5.55. The fraction of sp³-hybridized carbons (Fsp3) is 0.167. The summed E-state index contributed by atoms with van der Waals surface area (Å²) < 4.78 is 24.6. The number of methoxy groups -OCH3 is 4. The molecule has 229 valence electrons. The molecule has 0 saturated heterocycles. The van der Waals surface area contributed by atoms with Crippen LogP contribution >= 0.6 is 0 Å². The molecule has 10 heteroatoms. The zero-order chi connectivity index (χ0) is 31.9. The summed E-state index contributed by atoms with van der Waals surface area (Å²) in [6.07, 6.45) is 2.89. The molecule has 3 aliphatic heterocycles. The lowest BCUT2D eigenvalue weighted by Gasteiger charge is -2.27. The van der Waals surface area contributed by atoms with E-state index in [-0.39, 0.29) is 6.04 Å². The lowest BCUT2D eigenvalue weighted by molar-refractivity contribution is -0.247. The van der Waals surface area contributed by atoms with Gasteiger partial charge in [-0.05, 0) is 88.4 Å². The van der Waals surface area contributed by atoms with Crippen molar-refractivity contribution < 1.29 is 23.4 Å². The molecule has 0 fully saturated rings. The number of allylic oxidation sites excluding steroid dienone is 1. The van der Waals surface area contributed by atoms with Gasteiger partial charge in [0, 0.05) is 28.9 Å². The molecule has 3 aliphatic rings. The van der Waals surface area contributed by atoms with Gasteiger partial charge < -0.3 is 35.2 Å². The van der Waals surface area contributed by atoms with E-state index in [9.17, 15) is 0 Å². The Bertz CT molecular complexity index is 1970. The molecule has 9 nitrogen and oxygen atoms in total. The van der Waals surface area contributed by atoms with E-state index in [1.165, 1.54) is 0 Å². The van der Waals surface area contributed by atoms with Crippen molar-refractivity contribution in [2.45, 2.75) is 12.5 Å². The van der Waals surface area contributed by atoms with Crippen LogP contribution in [0.4, 0.5) is 11.4 Å². The first-order valence-electron chi connectivity index (χ1n) is 14.9. The van der Waals surface area contributed by atoms with Crippen LogP contribution in [0.15, 0.2) is 102 Å². The monoisotopic (exact) mass is 611 g/mol. The SMILES string of the molecule is COc1ccc(C2=CC(c3ccc(N)cc3)=[N+]3[B]N4C(=C(c5ccc(OC)c(OC)c5)CC4c4ccc(N)cc4)N=C23)cc1OC. The molecule has 0 aliphatic carbocycles. The van der Waals surface area contributed by atoms with Crippen LogP contribution in [0.2, 0.25) is 0 Å². The molecule has 0 saturated carbocycles. The minimum Gasteiger partial charge on any atom is -0.493 e. The van der Waals surface area contributed by atoms with Crippen LogP contribution in [-0.4, -0.2) is 56.8 Å². The van der Waals surface area contributed by atoms with Crippen LogP contribution in [0.5, 0.6) is 23.0 Å². The summed E-state index contributed by atoms with van der Waals surface area (Å²) in [5.41, 5.74) is 20.7. The van der Waals surface area contributed by atoms with Gasteiger partial charge in [0.25, 0.3) is 0 Å². The normalized spacial score (nSPS) is 16.8. The number of aliphatic imine (C=N–C) groups is 1.